The summed E-state index contributed by atoms with van der Waals surface area (Å²) in [6.07, 6.45) is 5.28. The predicted molar refractivity (Wildman–Crippen MR) is 49.4 cm³/mol. The number of hydroxylamine groups is 2. The first-order valence-corrected chi connectivity index (χ1v) is 4.71. The second-order valence-corrected chi connectivity index (χ2v) is 3.35. The quantitative estimate of drug-likeness (QED) is 0.658. The fourth-order valence-electron chi connectivity index (χ4n) is 1.43. The zero-order chi connectivity index (χ0) is 9.97. The lowest BCUT2D eigenvalue weighted by Gasteiger charge is -2.25. The van der Waals surface area contributed by atoms with E-state index in [1.54, 1.807) is 24.1 Å². The van der Waals surface area contributed by atoms with E-state index in [1.807, 2.05) is 0 Å². The van der Waals surface area contributed by atoms with Gasteiger partial charge in [-0.15, -0.1) is 0 Å². The minimum atomic E-state index is -0.0993. The van der Waals surface area contributed by atoms with Crippen molar-refractivity contribution in [2.24, 2.45) is 7.05 Å². The van der Waals surface area contributed by atoms with Crippen LogP contribution in [0.2, 0.25) is 0 Å². The highest BCUT2D eigenvalue weighted by Crippen LogP contribution is 2.10. The molecule has 2 heterocycles. The number of aryl methyl sites for hydroxylation is 1. The van der Waals surface area contributed by atoms with Gasteiger partial charge in [0.25, 0.3) is 5.91 Å². The number of nitrogens with zero attached hydrogens (tertiary/aromatic N) is 3. The van der Waals surface area contributed by atoms with Crippen molar-refractivity contribution in [2.75, 3.05) is 13.2 Å². The van der Waals surface area contributed by atoms with Crippen LogP contribution in [0, 0.1) is 0 Å². The molecule has 0 saturated carbocycles. The van der Waals surface area contributed by atoms with Crippen molar-refractivity contribution in [3.63, 3.8) is 0 Å². The topological polar surface area (TPSA) is 47.4 Å². The largest absolute Gasteiger partial charge is 0.280 e. The van der Waals surface area contributed by atoms with Gasteiger partial charge in [0.2, 0.25) is 0 Å². The molecule has 1 saturated heterocycles. The van der Waals surface area contributed by atoms with Crippen LogP contribution in [-0.2, 0) is 11.9 Å². The number of rotatable bonds is 1. The van der Waals surface area contributed by atoms with E-state index in [4.69, 9.17) is 4.84 Å². The van der Waals surface area contributed by atoms with Gasteiger partial charge in [-0.3, -0.25) is 14.3 Å². The molecule has 0 aromatic carbocycles. The van der Waals surface area contributed by atoms with Gasteiger partial charge in [0.15, 0.2) is 0 Å². The van der Waals surface area contributed by atoms with Crippen LogP contribution < -0.4 is 0 Å². The van der Waals surface area contributed by atoms with Crippen LogP contribution in [-0.4, -0.2) is 33.9 Å². The number of carbonyl (C=O) groups is 1. The molecule has 0 atom stereocenters. The van der Waals surface area contributed by atoms with Crippen LogP contribution in [0.5, 0.6) is 0 Å². The van der Waals surface area contributed by atoms with Crippen molar-refractivity contribution in [3.8, 4) is 0 Å². The standard InChI is InChI=1S/C9H13N3O2/c1-11-7-8(6-10-11)9(13)12-4-2-3-5-14-12/h6-7H,2-5H2,1H3. The molecule has 1 aromatic rings. The first kappa shape index (κ1) is 9.21. The zero-order valence-corrected chi connectivity index (χ0v) is 8.14. The maximum Gasteiger partial charge on any atom is 0.280 e. The van der Waals surface area contributed by atoms with E-state index >= 15 is 0 Å². The van der Waals surface area contributed by atoms with E-state index in [1.165, 1.54) is 5.06 Å². The third-order valence-electron chi connectivity index (χ3n) is 2.18. The van der Waals surface area contributed by atoms with Gasteiger partial charge in [-0.2, -0.15) is 5.10 Å². The Labute approximate surface area is 82.2 Å². The molecular formula is C9H13N3O2. The van der Waals surface area contributed by atoms with E-state index in [-0.39, 0.29) is 5.91 Å². The van der Waals surface area contributed by atoms with Gasteiger partial charge in [0.05, 0.1) is 18.4 Å². The maximum absolute atomic E-state index is 11.8. The SMILES string of the molecule is Cn1cc(C(=O)N2CCCCO2)cn1. The Bertz CT molecular complexity index is 329. The predicted octanol–water partition coefficient (Wildman–Crippen LogP) is 0.588. The fourth-order valence-corrected chi connectivity index (χ4v) is 1.43. The summed E-state index contributed by atoms with van der Waals surface area (Å²) < 4.78 is 1.61. The lowest BCUT2D eigenvalue weighted by Crippen LogP contribution is -2.35. The Morgan fingerprint density at radius 3 is 3.00 bits per heavy atom. The highest BCUT2D eigenvalue weighted by molar-refractivity contribution is 5.93. The molecular weight excluding hydrogens is 182 g/mol. The van der Waals surface area contributed by atoms with Crippen LogP contribution in [0.15, 0.2) is 12.4 Å². The van der Waals surface area contributed by atoms with E-state index in [2.05, 4.69) is 5.10 Å². The summed E-state index contributed by atoms with van der Waals surface area (Å²) in [6, 6.07) is 0. The molecule has 2 rings (SSSR count). The number of hydrogen-bond acceptors (Lipinski definition) is 3. The molecule has 14 heavy (non-hydrogen) atoms. The van der Waals surface area contributed by atoms with Crippen LogP contribution in [0.4, 0.5) is 0 Å². The van der Waals surface area contributed by atoms with E-state index in [9.17, 15) is 4.79 Å². The van der Waals surface area contributed by atoms with Gasteiger partial charge in [-0.05, 0) is 12.8 Å². The second kappa shape index (κ2) is 3.79. The average Bonchev–Trinajstić information content (AvgIpc) is 2.65. The average molecular weight is 195 g/mol. The molecule has 1 aliphatic rings. The highest BCUT2D eigenvalue weighted by atomic mass is 16.7. The summed E-state index contributed by atoms with van der Waals surface area (Å²) in [5.74, 6) is -0.0993. The van der Waals surface area contributed by atoms with Crippen molar-refractivity contribution >= 4 is 5.91 Å². The van der Waals surface area contributed by atoms with E-state index in [0.717, 1.165) is 12.8 Å². The lowest BCUT2D eigenvalue weighted by atomic mass is 10.2. The fraction of sp³-hybridized carbons (Fsp3) is 0.556. The Morgan fingerprint density at radius 2 is 2.43 bits per heavy atom. The molecule has 1 fully saturated rings. The van der Waals surface area contributed by atoms with Crippen molar-refractivity contribution in [3.05, 3.63) is 18.0 Å². The van der Waals surface area contributed by atoms with Crippen LogP contribution in [0.1, 0.15) is 23.2 Å². The molecule has 1 aromatic heterocycles. The molecule has 0 radical (unpaired) electrons. The van der Waals surface area contributed by atoms with Crippen LogP contribution in [0.25, 0.3) is 0 Å². The molecule has 1 amide bonds. The first-order chi connectivity index (χ1) is 6.77. The van der Waals surface area contributed by atoms with Gasteiger partial charge in [0, 0.05) is 19.8 Å². The van der Waals surface area contributed by atoms with Gasteiger partial charge < -0.3 is 0 Å². The minimum Gasteiger partial charge on any atom is -0.275 e. The summed E-state index contributed by atoms with van der Waals surface area (Å²) in [5, 5.41) is 5.36. The van der Waals surface area contributed by atoms with Crippen molar-refractivity contribution in [2.45, 2.75) is 12.8 Å². The molecule has 5 nitrogen and oxygen atoms in total. The molecule has 0 spiro atoms. The summed E-state index contributed by atoms with van der Waals surface area (Å²) >= 11 is 0. The monoisotopic (exact) mass is 195 g/mol. The normalized spacial score (nSPS) is 17.1. The van der Waals surface area contributed by atoms with Crippen molar-refractivity contribution < 1.29 is 9.63 Å². The number of amides is 1. The van der Waals surface area contributed by atoms with Crippen molar-refractivity contribution in [1.82, 2.24) is 14.8 Å². The Morgan fingerprint density at radius 1 is 1.57 bits per heavy atom. The lowest BCUT2D eigenvalue weighted by molar-refractivity contribution is -0.144. The number of aromatic nitrogens is 2. The Hall–Kier alpha value is -1.36. The molecule has 0 bridgehead atoms. The van der Waals surface area contributed by atoms with Gasteiger partial charge in [-0.25, -0.2) is 5.06 Å². The molecule has 0 aliphatic carbocycles. The Balaban J connectivity index is 2.07. The van der Waals surface area contributed by atoms with E-state index in [0.29, 0.717) is 18.7 Å². The van der Waals surface area contributed by atoms with Crippen LogP contribution >= 0.6 is 0 Å². The molecule has 76 valence electrons. The first-order valence-electron chi connectivity index (χ1n) is 4.71. The summed E-state index contributed by atoms with van der Waals surface area (Å²) in [7, 11) is 1.79. The smallest absolute Gasteiger partial charge is 0.275 e. The molecule has 5 heteroatoms. The van der Waals surface area contributed by atoms with Gasteiger partial charge >= 0.3 is 0 Å². The van der Waals surface area contributed by atoms with E-state index < -0.39 is 0 Å². The third-order valence-corrected chi connectivity index (χ3v) is 2.18. The number of hydrogen-bond donors (Lipinski definition) is 0. The summed E-state index contributed by atoms with van der Waals surface area (Å²) in [5.41, 5.74) is 0.578. The molecule has 1 aliphatic heterocycles. The summed E-state index contributed by atoms with van der Waals surface area (Å²) in [4.78, 5) is 17.0. The number of carbonyl (C=O) groups excluding carboxylic acids is 1. The van der Waals surface area contributed by atoms with Gasteiger partial charge in [0.1, 0.15) is 0 Å². The van der Waals surface area contributed by atoms with Crippen LogP contribution in [0.3, 0.4) is 0 Å². The maximum atomic E-state index is 11.8. The minimum absolute atomic E-state index is 0.0993. The third kappa shape index (κ3) is 1.77. The second-order valence-electron chi connectivity index (χ2n) is 3.35. The summed E-state index contributed by atoms with van der Waals surface area (Å²) in [6.45, 7) is 1.31. The van der Waals surface area contributed by atoms with Gasteiger partial charge in [-0.1, -0.05) is 0 Å². The van der Waals surface area contributed by atoms with Crippen molar-refractivity contribution in [1.29, 1.82) is 0 Å². The molecule has 0 unspecified atom stereocenters. The highest BCUT2D eigenvalue weighted by Gasteiger charge is 2.20. The zero-order valence-electron chi connectivity index (χ0n) is 8.14. The molecule has 0 N–H and O–H groups in total. The Kier molecular flexibility index (Phi) is 2.49.